The first-order chi connectivity index (χ1) is 11.2. The molecule has 0 bridgehead atoms. The number of carboxylic acid groups (broad SMARTS) is 1. The predicted molar refractivity (Wildman–Crippen MR) is 91.1 cm³/mol. The zero-order valence-corrected chi connectivity index (χ0v) is 15.3. The topological polar surface area (TPSA) is 99.6 Å². The Morgan fingerprint density at radius 2 is 2.21 bits per heavy atom. The van der Waals surface area contributed by atoms with E-state index in [9.17, 15) is 14.4 Å². The van der Waals surface area contributed by atoms with E-state index in [1.165, 1.54) is 0 Å². The van der Waals surface area contributed by atoms with Gasteiger partial charge in [0.1, 0.15) is 15.9 Å². The van der Waals surface area contributed by atoms with Crippen molar-refractivity contribution in [1.29, 1.82) is 0 Å². The number of hydrogen-bond acceptors (Lipinski definition) is 6. The Bertz CT molecular complexity index is 720. The average Bonchev–Trinajstić information content (AvgIpc) is 3.13. The lowest BCUT2D eigenvalue weighted by Gasteiger charge is -2.30. The number of fused-ring (bicyclic) bond motifs is 1. The maximum absolute atomic E-state index is 12.6. The fourth-order valence-corrected chi connectivity index (χ4v) is 5.53. The molecular formula is C15H19N3O4S2. The number of aryl methyl sites for hydroxylation is 1. The number of thiazole rings is 1. The monoisotopic (exact) mass is 369 g/mol. The second-order valence-electron chi connectivity index (χ2n) is 6.27. The van der Waals surface area contributed by atoms with Gasteiger partial charge in [0.2, 0.25) is 11.8 Å². The van der Waals surface area contributed by atoms with Crippen LogP contribution in [0.5, 0.6) is 0 Å². The molecule has 3 heterocycles. The summed E-state index contributed by atoms with van der Waals surface area (Å²) in [5, 5.41) is 12.5. The number of hydrogen-bond donors (Lipinski definition) is 2. The van der Waals surface area contributed by atoms with Crippen molar-refractivity contribution in [3.05, 3.63) is 15.6 Å². The normalized spacial score (nSPS) is 27.2. The highest BCUT2D eigenvalue weighted by molar-refractivity contribution is 8.01. The van der Waals surface area contributed by atoms with Gasteiger partial charge in [-0.2, -0.15) is 0 Å². The van der Waals surface area contributed by atoms with E-state index in [1.807, 2.05) is 6.92 Å². The Kier molecular flexibility index (Phi) is 4.33. The summed E-state index contributed by atoms with van der Waals surface area (Å²) >= 11 is 2.71. The van der Waals surface area contributed by atoms with Crippen molar-refractivity contribution in [2.45, 2.75) is 50.6 Å². The maximum atomic E-state index is 12.6. The number of nitrogens with zero attached hydrogens (tertiary/aromatic N) is 2. The van der Waals surface area contributed by atoms with Crippen LogP contribution < -0.4 is 5.32 Å². The van der Waals surface area contributed by atoms with Crippen molar-refractivity contribution < 1.29 is 19.5 Å². The van der Waals surface area contributed by atoms with Crippen LogP contribution in [0.2, 0.25) is 0 Å². The van der Waals surface area contributed by atoms with Gasteiger partial charge in [0.05, 0.1) is 16.6 Å². The smallest absolute Gasteiger partial charge is 0.347 e. The molecule has 3 rings (SSSR count). The van der Waals surface area contributed by atoms with E-state index < -0.39 is 18.1 Å². The zero-order valence-electron chi connectivity index (χ0n) is 13.7. The number of carbonyl (C=O) groups excluding carboxylic acids is 2. The molecule has 2 aliphatic rings. The molecule has 3 unspecified atom stereocenters. The van der Waals surface area contributed by atoms with E-state index >= 15 is 0 Å². The van der Waals surface area contributed by atoms with Crippen LogP contribution in [0.25, 0.3) is 0 Å². The molecule has 0 aromatic carbocycles. The molecule has 0 spiro atoms. The molecule has 130 valence electrons. The number of aromatic nitrogens is 1. The fraction of sp³-hybridized carbons (Fsp3) is 0.600. The van der Waals surface area contributed by atoms with E-state index in [1.54, 1.807) is 30.5 Å². The van der Waals surface area contributed by atoms with Crippen molar-refractivity contribution >= 4 is 40.9 Å². The van der Waals surface area contributed by atoms with Gasteiger partial charge in [-0.3, -0.25) is 9.59 Å². The van der Waals surface area contributed by atoms with Crippen LogP contribution in [-0.4, -0.2) is 49.4 Å². The summed E-state index contributed by atoms with van der Waals surface area (Å²) in [5.41, 5.74) is 0.447. The third-order valence-electron chi connectivity index (χ3n) is 4.48. The third-order valence-corrected chi connectivity index (χ3v) is 7.32. The number of carbonyl (C=O) groups is 3. The number of carboxylic acids is 1. The standard InChI is InChI=1S/C15H19N3O4S2/c1-7-11(14(21)22)24-13(17-7)8(2)16-12(20)9-6-23-15(3)5-4-10(19)18(9)15/h8-9H,4-6H2,1-3H3,(H,16,20)(H,21,22). The Morgan fingerprint density at radius 3 is 2.83 bits per heavy atom. The Morgan fingerprint density at radius 1 is 1.50 bits per heavy atom. The molecule has 2 aliphatic heterocycles. The van der Waals surface area contributed by atoms with Crippen molar-refractivity contribution in [2.24, 2.45) is 0 Å². The summed E-state index contributed by atoms with van der Waals surface area (Å²) < 4.78 is 0. The lowest BCUT2D eigenvalue weighted by atomic mass is 10.2. The van der Waals surface area contributed by atoms with E-state index in [4.69, 9.17) is 5.11 Å². The highest BCUT2D eigenvalue weighted by atomic mass is 32.2. The fourth-order valence-electron chi connectivity index (χ4n) is 3.19. The highest BCUT2D eigenvalue weighted by Crippen LogP contribution is 2.47. The van der Waals surface area contributed by atoms with Crippen LogP contribution in [0.3, 0.4) is 0 Å². The van der Waals surface area contributed by atoms with Gasteiger partial charge in [-0.15, -0.1) is 23.1 Å². The van der Waals surface area contributed by atoms with Crippen molar-refractivity contribution in [3.8, 4) is 0 Å². The zero-order chi connectivity index (χ0) is 17.6. The Labute approximate surface area is 147 Å². The van der Waals surface area contributed by atoms with Gasteiger partial charge in [-0.05, 0) is 27.2 Å². The minimum absolute atomic E-state index is 0.0218. The molecule has 1 aromatic rings. The lowest BCUT2D eigenvalue weighted by Crippen LogP contribution is -2.50. The van der Waals surface area contributed by atoms with Crippen LogP contribution in [0, 0.1) is 6.92 Å². The van der Waals surface area contributed by atoms with Gasteiger partial charge >= 0.3 is 5.97 Å². The van der Waals surface area contributed by atoms with E-state index in [2.05, 4.69) is 10.3 Å². The van der Waals surface area contributed by atoms with E-state index in [-0.39, 0.29) is 21.6 Å². The van der Waals surface area contributed by atoms with Crippen molar-refractivity contribution in [1.82, 2.24) is 15.2 Å². The first kappa shape index (κ1) is 17.2. The van der Waals surface area contributed by atoms with E-state index in [0.29, 0.717) is 22.9 Å². The molecule has 9 heteroatoms. The molecule has 2 saturated heterocycles. The third kappa shape index (κ3) is 2.79. The molecule has 1 aromatic heterocycles. The predicted octanol–water partition coefficient (Wildman–Crippen LogP) is 1.78. The molecule has 0 saturated carbocycles. The molecule has 24 heavy (non-hydrogen) atoms. The van der Waals surface area contributed by atoms with Crippen LogP contribution in [0.15, 0.2) is 0 Å². The molecule has 7 nitrogen and oxygen atoms in total. The average molecular weight is 369 g/mol. The minimum atomic E-state index is -1.01. The number of amides is 2. The van der Waals surface area contributed by atoms with Crippen molar-refractivity contribution in [2.75, 3.05) is 5.75 Å². The maximum Gasteiger partial charge on any atom is 0.347 e. The van der Waals surface area contributed by atoms with Crippen LogP contribution in [0.1, 0.15) is 53.1 Å². The first-order valence-electron chi connectivity index (χ1n) is 7.70. The number of aromatic carboxylic acids is 1. The van der Waals surface area contributed by atoms with Crippen LogP contribution in [-0.2, 0) is 9.59 Å². The molecule has 3 atom stereocenters. The quantitative estimate of drug-likeness (QED) is 0.839. The van der Waals surface area contributed by atoms with Crippen LogP contribution >= 0.6 is 23.1 Å². The molecule has 2 fully saturated rings. The summed E-state index contributed by atoms with van der Waals surface area (Å²) in [6, 6.07) is -0.874. The lowest BCUT2D eigenvalue weighted by molar-refractivity contribution is -0.138. The second kappa shape index (κ2) is 6.03. The van der Waals surface area contributed by atoms with Gasteiger partial charge in [0.25, 0.3) is 0 Å². The number of thioether (sulfide) groups is 1. The molecule has 0 radical (unpaired) electrons. The van der Waals surface area contributed by atoms with Gasteiger partial charge < -0.3 is 15.3 Å². The summed E-state index contributed by atoms with van der Waals surface area (Å²) in [6.07, 6.45) is 1.25. The van der Waals surface area contributed by atoms with Gasteiger partial charge in [0.15, 0.2) is 0 Å². The second-order valence-corrected chi connectivity index (χ2v) is 8.80. The number of nitrogens with one attached hydrogen (secondary N) is 1. The van der Waals surface area contributed by atoms with Crippen LogP contribution in [0.4, 0.5) is 0 Å². The van der Waals surface area contributed by atoms with Gasteiger partial charge in [-0.25, -0.2) is 9.78 Å². The SMILES string of the molecule is Cc1nc(C(C)NC(=O)C2CSC3(C)CCC(=O)N23)sc1C(=O)O. The highest BCUT2D eigenvalue weighted by Gasteiger charge is 2.53. The molecule has 2 amide bonds. The first-order valence-corrected chi connectivity index (χ1v) is 9.50. The van der Waals surface area contributed by atoms with E-state index in [0.717, 1.165) is 17.8 Å². The summed E-state index contributed by atoms with van der Waals surface area (Å²) in [6.45, 7) is 5.41. The Hall–Kier alpha value is -1.61. The largest absolute Gasteiger partial charge is 0.477 e. The van der Waals surface area contributed by atoms with Crippen molar-refractivity contribution in [3.63, 3.8) is 0 Å². The summed E-state index contributed by atoms with van der Waals surface area (Å²) in [5.74, 6) is -0.620. The Balaban J connectivity index is 1.72. The summed E-state index contributed by atoms with van der Waals surface area (Å²) in [4.78, 5) is 41.7. The molecule has 0 aliphatic carbocycles. The molecular weight excluding hydrogens is 350 g/mol. The number of rotatable bonds is 4. The summed E-state index contributed by atoms with van der Waals surface area (Å²) in [7, 11) is 0. The minimum Gasteiger partial charge on any atom is -0.477 e. The molecule has 2 N–H and O–H groups in total. The van der Waals surface area contributed by atoms with Gasteiger partial charge in [-0.1, -0.05) is 0 Å². The van der Waals surface area contributed by atoms with Gasteiger partial charge in [0, 0.05) is 12.2 Å².